The number of pyridine rings is 1. The van der Waals surface area contributed by atoms with Crippen LogP contribution >= 0.6 is 11.6 Å². The zero-order valence-electron chi connectivity index (χ0n) is 11.7. The fraction of sp³-hybridized carbons (Fsp3) is 0.294. The highest BCUT2D eigenvalue weighted by atomic mass is 35.5. The Balaban J connectivity index is 2.00. The Morgan fingerprint density at radius 1 is 1.10 bits per heavy atom. The van der Waals surface area contributed by atoms with Crippen molar-refractivity contribution in [3.63, 3.8) is 0 Å². The number of aromatic nitrogens is 1. The summed E-state index contributed by atoms with van der Waals surface area (Å²) >= 11 is 5.93. The molecule has 0 unspecified atom stereocenters. The van der Waals surface area contributed by atoms with Gasteiger partial charge >= 0.3 is 0 Å². The number of rotatable bonds is 2. The molecule has 2 heterocycles. The highest BCUT2D eigenvalue weighted by Gasteiger charge is 2.16. The molecule has 0 saturated carbocycles. The van der Waals surface area contributed by atoms with Crippen LogP contribution in [0.1, 0.15) is 24.8 Å². The molecule has 0 N–H and O–H groups in total. The molecule has 1 aliphatic rings. The minimum absolute atomic E-state index is 0.648. The van der Waals surface area contributed by atoms with Crippen LogP contribution in [-0.2, 0) is 0 Å². The third-order valence-corrected chi connectivity index (χ3v) is 4.09. The van der Waals surface area contributed by atoms with Crippen molar-refractivity contribution in [2.24, 2.45) is 0 Å². The summed E-state index contributed by atoms with van der Waals surface area (Å²) in [6.45, 7) is 2.03. The zero-order chi connectivity index (χ0) is 14.7. The van der Waals surface area contributed by atoms with Crippen molar-refractivity contribution in [1.29, 1.82) is 5.26 Å². The molecule has 1 aromatic carbocycles. The predicted octanol–water partition coefficient (Wildman–Crippen LogP) is 4.26. The highest BCUT2D eigenvalue weighted by molar-refractivity contribution is 6.30. The maximum absolute atomic E-state index is 9.31. The quantitative estimate of drug-likeness (QED) is 0.831. The Hall–Kier alpha value is -2.05. The number of anilines is 1. The molecule has 21 heavy (non-hydrogen) atoms. The molecule has 0 spiro atoms. The monoisotopic (exact) mass is 297 g/mol. The van der Waals surface area contributed by atoms with Gasteiger partial charge in [-0.25, -0.2) is 0 Å². The molecule has 0 amide bonds. The molecule has 2 aromatic rings. The maximum atomic E-state index is 9.31. The van der Waals surface area contributed by atoms with E-state index in [9.17, 15) is 5.26 Å². The van der Waals surface area contributed by atoms with Crippen LogP contribution < -0.4 is 4.90 Å². The molecular weight excluding hydrogens is 282 g/mol. The largest absolute Gasteiger partial charge is 0.370 e. The van der Waals surface area contributed by atoms with E-state index in [1.165, 1.54) is 19.3 Å². The number of nitrogens with zero attached hydrogens (tertiary/aromatic N) is 3. The van der Waals surface area contributed by atoms with Gasteiger partial charge in [-0.1, -0.05) is 23.7 Å². The molecule has 3 nitrogen and oxygen atoms in total. The lowest BCUT2D eigenvalue weighted by Gasteiger charge is -2.29. The van der Waals surface area contributed by atoms with E-state index in [-0.39, 0.29) is 0 Å². The number of nitriles is 1. The topological polar surface area (TPSA) is 39.9 Å². The van der Waals surface area contributed by atoms with E-state index < -0.39 is 0 Å². The van der Waals surface area contributed by atoms with E-state index in [0.717, 1.165) is 30.0 Å². The lowest BCUT2D eigenvalue weighted by molar-refractivity contribution is 0.577. The summed E-state index contributed by atoms with van der Waals surface area (Å²) in [4.78, 5) is 6.71. The van der Waals surface area contributed by atoms with Gasteiger partial charge in [0.05, 0.1) is 16.9 Å². The minimum Gasteiger partial charge on any atom is -0.370 e. The Labute approximate surface area is 129 Å². The smallest absolute Gasteiger partial charge is 0.103 e. The number of hydrogen-bond donors (Lipinski definition) is 0. The van der Waals surface area contributed by atoms with Gasteiger partial charge in [0.15, 0.2) is 0 Å². The van der Waals surface area contributed by atoms with E-state index in [0.29, 0.717) is 10.6 Å². The van der Waals surface area contributed by atoms with Crippen LogP contribution in [0, 0.1) is 11.3 Å². The Morgan fingerprint density at radius 2 is 1.81 bits per heavy atom. The lowest BCUT2D eigenvalue weighted by atomic mass is 10.1. The summed E-state index contributed by atoms with van der Waals surface area (Å²) in [6.07, 6.45) is 5.31. The summed E-state index contributed by atoms with van der Waals surface area (Å²) in [6, 6.07) is 11.9. The Bertz CT molecular complexity index is 667. The number of piperidine rings is 1. The standard InChI is InChI=1S/C17H16ClN3/c18-15-6-4-13(5-7-15)16-10-17(14(11-19)12-20-16)21-8-2-1-3-9-21/h4-7,10,12H,1-3,8-9H2. The average molecular weight is 298 g/mol. The third kappa shape index (κ3) is 3.01. The van der Waals surface area contributed by atoms with Crippen LogP contribution in [0.25, 0.3) is 11.3 Å². The molecule has 1 saturated heterocycles. The fourth-order valence-electron chi connectivity index (χ4n) is 2.71. The van der Waals surface area contributed by atoms with Gasteiger partial charge in [0.25, 0.3) is 0 Å². The average Bonchev–Trinajstić information content (AvgIpc) is 2.56. The molecule has 0 bridgehead atoms. The SMILES string of the molecule is N#Cc1cnc(-c2ccc(Cl)cc2)cc1N1CCCCC1. The number of halogens is 1. The molecule has 106 valence electrons. The summed E-state index contributed by atoms with van der Waals surface area (Å²) in [7, 11) is 0. The van der Waals surface area contributed by atoms with E-state index >= 15 is 0 Å². The molecule has 4 heteroatoms. The van der Waals surface area contributed by atoms with E-state index in [1.807, 2.05) is 30.3 Å². The summed E-state index contributed by atoms with van der Waals surface area (Å²) in [5.41, 5.74) is 3.54. The predicted molar refractivity (Wildman–Crippen MR) is 85.5 cm³/mol. The molecular formula is C17H16ClN3. The van der Waals surface area contributed by atoms with Crippen LogP contribution in [-0.4, -0.2) is 18.1 Å². The van der Waals surface area contributed by atoms with Crippen LogP contribution in [0.3, 0.4) is 0 Å². The van der Waals surface area contributed by atoms with Crippen molar-refractivity contribution in [2.45, 2.75) is 19.3 Å². The first-order valence-corrected chi connectivity index (χ1v) is 7.57. The second-order valence-electron chi connectivity index (χ2n) is 5.25. The second kappa shape index (κ2) is 6.15. The normalized spacial score (nSPS) is 14.8. The maximum Gasteiger partial charge on any atom is 0.103 e. The molecule has 0 radical (unpaired) electrons. The van der Waals surface area contributed by atoms with Gasteiger partial charge < -0.3 is 4.90 Å². The summed E-state index contributed by atoms with van der Waals surface area (Å²) in [5, 5.41) is 10.0. The van der Waals surface area contributed by atoms with Crippen molar-refractivity contribution in [3.05, 3.63) is 47.1 Å². The first-order chi connectivity index (χ1) is 10.3. The van der Waals surface area contributed by atoms with Crippen molar-refractivity contribution >= 4 is 17.3 Å². The van der Waals surface area contributed by atoms with E-state index in [2.05, 4.69) is 16.0 Å². The van der Waals surface area contributed by atoms with Gasteiger partial charge in [0.2, 0.25) is 0 Å². The number of benzene rings is 1. The third-order valence-electron chi connectivity index (χ3n) is 3.84. The van der Waals surface area contributed by atoms with E-state index in [1.54, 1.807) is 6.20 Å². The van der Waals surface area contributed by atoms with Gasteiger partial charge in [0.1, 0.15) is 6.07 Å². The molecule has 3 rings (SSSR count). The van der Waals surface area contributed by atoms with Crippen molar-refractivity contribution < 1.29 is 0 Å². The summed E-state index contributed by atoms with van der Waals surface area (Å²) in [5.74, 6) is 0. The summed E-state index contributed by atoms with van der Waals surface area (Å²) < 4.78 is 0. The molecule has 0 aliphatic carbocycles. The van der Waals surface area contributed by atoms with Crippen LogP contribution in [0.5, 0.6) is 0 Å². The van der Waals surface area contributed by atoms with Crippen molar-refractivity contribution in [3.8, 4) is 17.3 Å². The molecule has 1 aliphatic heterocycles. The van der Waals surface area contributed by atoms with Gasteiger partial charge in [-0.15, -0.1) is 0 Å². The van der Waals surface area contributed by atoms with Crippen molar-refractivity contribution in [2.75, 3.05) is 18.0 Å². The lowest BCUT2D eigenvalue weighted by Crippen LogP contribution is -2.30. The van der Waals surface area contributed by atoms with Crippen LogP contribution in [0.4, 0.5) is 5.69 Å². The Morgan fingerprint density at radius 3 is 2.48 bits per heavy atom. The van der Waals surface area contributed by atoms with E-state index in [4.69, 9.17) is 11.6 Å². The van der Waals surface area contributed by atoms with Gasteiger partial charge in [-0.2, -0.15) is 5.26 Å². The van der Waals surface area contributed by atoms with Gasteiger partial charge in [-0.05, 0) is 37.5 Å². The highest BCUT2D eigenvalue weighted by Crippen LogP contribution is 2.28. The first kappa shape index (κ1) is 13.9. The van der Waals surface area contributed by atoms with Gasteiger partial charge in [-0.3, -0.25) is 4.98 Å². The van der Waals surface area contributed by atoms with Gasteiger partial charge in [0, 0.05) is 29.9 Å². The van der Waals surface area contributed by atoms with Crippen molar-refractivity contribution in [1.82, 2.24) is 4.98 Å². The fourth-order valence-corrected chi connectivity index (χ4v) is 2.83. The first-order valence-electron chi connectivity index (χ1n) is 7.19. The van der Waals surface area contributed by atoms with Crippen LogP contribution in [0.15, 0.2) is 36.5 Å². The Kier molecular flexibility index (Phi) is 4.08. The zero-order valence-corrected chi connectivity index (χ0v) is 12.5. The second-order valence-corrected chi connectivity index (χ2v) is 5.69. The minimum atomic E-state index is 0.648. The molecule has 0 atom stereocenters. The van der Waals surface area contributed by atoms with Crippen LogP contribution in [0.2, 0.25) is 5.02 Å². The molecule has 1 fully saturated rings. The number of hydrogen-bond acceptors (Lipinski definition) is 3. The molecule has 1 aromatic heterocycles.